The largest absolute Gasteiger partial charge is 0.310 e. The van der Waals surface area contributed by atoms with Crippen LogP contribution in [0.2, 0.25) is 5.02 Å². The third-order valence-electron chi connectivity index (χ3n) is 2.41. The van der Waals surface area contributed by atoms with Crippen LogP contribution < -0.4 is 5.32 Å². The first-order valence-electron chi connectivity index (χ1n) is 4.46. The Kier molecular flexibility index (Phi) is 3.11. The Morgan fingerprint density at radius 3 is 2.92 bits per heavy atom. The molecule has 0 radical (unpaired) electrons. The van der Waals surface area contributed by atoms with Crippen LogP contribution >= 0.6 is 34.2 Å². The Bertz CT molecular complexity index is 308. The van der Waals surface area contributed by atoms with Crippen molar-refractivity contribution in [1.82, 2.24) is 5.32 Å². The lowest BCUT2D eigenvalue weighted by molar-refractivity contribution is 0.648. The summed E-state index contributed by atoms with van der Waals surface area (Å²) in [5.74, 6) is 0. The van der Waals surface area contributed by atoms with E-state index >= 15 is 0 Å². The van der Waals surface area contributed by atoms with Gasteiger partial charge in [-0.1, -0.05) is 17.7 Å². The summed E-state index contributed by atoms with van der Waals surface area (Å²) in [6.07, 6.45) is 2.51. The van der Waals surface area contributed by atoms with Crippen LogP contribution in [0, 0.1) is 3.57 Å². The van der Waals surface area contributed by atoms with Gasteiger partial charge < -0.3 is 5.32 Å². The number of benzene rings is 1. The number of hydrogen-bond donors (Lipinski definition) is 1. The molecule has 0 spiro atoms. The molecule has 0 bridgehead atoms. The first kappa shape index (κ1) is 9.74. The second-order valence-corrected chi connectivity index (χ2v) is 4.89. The monoisotopic (exact) mass is 307 g/mol. The van der Waals surface area contributed by atoms with Gasteiger partial charge in [-0.15, -0.1) is 0 Å². The fourth-order valence-electron chi connectivity index (χ4n) is 1.70. The minimum Gasteiger partial charge on any atom is -0.310 e. The average molecular weight is 308 g/mol. The highest BCUT2D eigenvalue weighted by Gasteiger charge is 2.16. The molecule has 70 valence electrons. The van der Waals surface area contributed by atoms with Gasteiger partial charge in [-0.25, -0.2) is 0 Å². The standard InChI is InChI=1S/C10H11ClIN/c11-8-6-7(3-4-9(8)12)10-2-1-5-13-10/h3-4,6,10,13H,1-2,5H2/t10-/m0/s1. The summed E-state index contributed by atoms with van der Waals surface area (Å²) in [6, 6.07) is 6.84. The number of hydrogen-bond acceptors (Lipinski definition) is 1. The Morgan fingerprint density at radius 2 is 2.31 bits per heavy atom. The first-order chi connectivity index (χ1) is 6.27. The van der Waals surface area contributed by atoms with Crippen molar-refractivity contribution in [3.8, 4) is 0 Å². The molecule has 3 heteroatoms. The normalized spacial score (nSPS) is 22.2. The topological polar surface area (TPSA) is 12.0 Å². The van der Waals surface area contributed by atoms with E-state index in [2.05, 4.69) is 46.1 Å². The summed E-state index contributed by atoms with van der Waals surface area (Å²) in [4.78, 5) is 0. The summed E-state index contributed by atoms with van der Waals surface area (Å²) >= 11 is 8.31. The molecular formula is C10H11ClIN. The van der Waals surface area contributed by atoms with Crippen LogP contribution in [0.5, 0.6) is 0 Å². The van der Waals surface area contributed by atoms with Crippen molar-refractivity contribution in [2.24, 2.45) is 0 Å². The van der Waals surface area contributed by atoms with Crippen LogP contribution in [0.25, 0.3) is 0 Å². The van der Waals surface area contributed by atoms with Gasteiger partial charge in [0.15, 0.2) is 0 Å². The second kappa shape index (κ2) is 4.15. The molecule has 1 N–H and O–H groups in total. The second-order valence-electron chi connectivity index (χ2n) is 3.32. The van der Waals surface area contributed by atoms with Gasteiger partial charge in [0.25, 0.3) is 0 Å². The SMILES string of the molecule is Clc1cc([C@@H]2CCCN2)ccc1I. The van der Waals surface area contributed by atoms with Crippen LogP contribution in [0.15, 0.2) is 18.2 Å². The molecular weight excluding hydrogens is 296 g/mol. The molecule has 1 aliphatic heterocycles. The third-order valence-corrected chi connectivity index (χ3v) is 3.98. The summed E-state index contributed by atoms with van der Waals surface area (Å²) in [5, 5.41) is 4.33. The molecule has 0 unspecified atom stereocenters. The van der Waals surface area contributed by atoms with Gasteiger partial charge in [0.2, 0.25) is 0 Å². The molecule has 1 fully saturated rings. The van der Waals surface area contributed by atoms with Crippen LogP contribution in [-0.2, 0) is 0 Å². The average Bonchev–Trinajstić information content (AvgIpc) is 2.62. The quantitative estimate of drug-likeness (QED) is 0.785. The van der Waals surface area contributed by atoms with E-state index < -0.39 is 0 Å². The number of nitrogens with one attached hydrogen (secondary N) is 1. The van der Waals surface area contributed by atoms with Crippen molar-refractivity contribution in [3.05, 3.63) is 32.4 Å². The summed E-state index contributed by atoms with van der Waals surface area (Å²) in [7, 11) is 0. The van der Waals surface area contributed by atoms with Crippen molar-refractivity contribution >= 4 is 34.2 Å². The fraction of sp³-hybridized carbons (Fsp3) is 0.400. The summed E-state index contributed by atoms with van der Waals surface area (Å²) in [6.45, 7) is 1.13. The van der Waals surface area contributed by atoms with Crippen molar-refractivity contribution < 1.29 is 0 Å². The van der Waals surface area contributed by atoms with Gasteiger partial charge in [0.05, 0.1) is 5.02 Å². The first-order valence-corrected chi connectivity index (χ1v) is 5.91. The third kappa shape index (κ3) is 2.17. The smallest absolute Gasteiger partial charge is 0.0542 e. The molecule has 1 aliphatic rings. The molecule has 1 saturated heterocycles. The molecule has 1 heterocycles. The van der Waals surface area contributed by atoms with Crippen molar-refractivity contribution in [2.75, 3.05) is 6.54 Å². The van der Waals surface area contributed by atoms with Gasteiger partial charge in [0.1, 0.15) is 0 Å². The molecule has 1 nitrogen and oxygen atoms in total. The Hall–Kier alpha value is 0.200. The zero-order valence-electron chi connectivity index (χ0n) is 7.19. The minimum absolute atomic E-state index is 0.523. The summed E-state index contributed by atoms with van der Waals surface area (Å²) in [5.41, 5.74) is 1.32. The van der Waals surface area contributed by atoms with Gasteiger partial charge >= 0.3 is 0 Å². The molecule has 0 saturated carbocycles. The minimum atomic E-state index is 0.523. The lowest BCUT2D eigenvalue weighted by Crippen LogP contribution is -2.12. The Labute approximate surface area is 97.0 Å². The molecule has 0 amide bonds. The van der Waals surface area contributed by atoms with Crippen LogP contribution in [0.3, 0.4) is 0 Å². The zero-order valence-corrected chi connectivity index (χ0v) is 10.1. The van der Waals surface area contributed by atoms with E-state index in [0.29, 0.717) is 6.04 Å². The van der Waals surface area contributed by atoms with Crippen LogP contribution in [0.4, 0.5) is 0 Å². The maximum Gasteiger partial charge on any atom is 0.0542 e. The number of rotatable bonds is 1. The predicted octanol–water partition coefficient (Wildman–Crippen LogP) is 3.37. The van der Waals surface area contributed by atoms with E-state index in [-0.39, 0.29) is 0 Å². The molecule has 1 atom stereocenters. The van der Waals surface area contributed by atoms with E-state index in [0.717, 1.165) is 15.1 Å². The Morgan fingerprint density at radius 1 is 1.46 bits per heavy atom. The van der Waals surface area contributed by atoms with Crippen molar-refractivity contribution in [3.63, 3.8) is 0 Å². The molecule has 1 aromatic rings. The van der Waals surface area contributed by atoms with E-state index in [1.807, 2.05) is 0 Å². The van der Waals surface area contributed by atoms with E-state index in [1.165, 1.54) is 18.4 Å². The van der Waals surface area contributed by atoms with Crippen LogP contribution in [-0.4, -0.2) is 6.54 Å². The maximum absolute atomic E-state index is 6.06. The molecule has 2 rings (SSSR count). The van der Waals surface area contributed by atoms with E-state index in [9.17, 15) is 0 Å². The Balaban J connectivity index is 2.25. The van der Waals surface area contributed by atoms with E-state index in [1.54, 1.807) is 0 Å². The zero-order chi connectivity index (χ0) is 9.26. The van der Waals surface area contributed by atoms with Gasteiger partial charge in [-0.05, 0) is 59.7 Å². The van der Waals surface area contributed by atoms with Crippen molar-refractivity contribution in [2.45, 2.75) is 18.9 Å². The highest BCUT2D eigenvalue weighted by Crippen LogP contribution is 2.27. The fourth-order valence-corrected chi connectivity index (χ4v) is 2.22. The maximum atomic E-state index is 6.06. The molecule has 0 aromatic heterocycles. The lowest BCUT2D eigenvalue weighted by atomic mass is 10.1. The van der Waals surface area contributed by atoms with Gasteiger partial charge in [0, 0.05) is 9.61 Å². The van der Waals surface area contributed by atoms with Gasteiger partial charge in [-0.2, -0.15) is 0 Å². The molecule has 0 aliphatic carbocycles. The van der Waals surface area contributed by atoms with Crippen LogP contribution in [0.1, 0.15) is 24.4 Å². The van der Waals surface area contributed by atoms with E-state index in [4.69, 9.17) is 11.6 Å². The predicted molar refractivity (Wildman–Crippen MR) is 64.1 cm³/mol. The molecule has 1 aromatic carbocycles. The highest BCUT2D eigenvalue weighted by molar-refractivity contribution is 14.1. The number of halogens is 2. The molecule has 13 heavy (non-hydrogen) atoms. The summed E-state index contributed by atoms with van der Waals surface area (Å²) < 4.78 is 1.13. The highest BCUT2D eigenvalue weighted by atomic mass is 127. The van der Waals surface area contributed by atoms with Gasteiger partial charge in [-0.3, -0.25) is 0 Å². The van der Waals surface area contributed by atoms with Crippen molar-refractivity contribution in [1.29, 1.82) is 0 Å². The lowest BCUT2D eigenvalue weighted by Gasteiger charge is -2.10.